The number of allylic oxidation sites excluding steroid dienone is 8. The lowest BCUT2D eigenvalue weighted by molar-refractivity contribution is -0.161. The average molecular weight is 1180 g/mol. The van der Waals surface area contributed by atoms with Crippen molar-refractivity contribution in [1.29, 1.82) is 0 Å². The fourth-order valence-electron chi connectivity index (χ4n) is 9.95. The Morgan fingerprint density at radius 2 is 0.598 bits per heavy atom. The summed E-state index contributed by atoms with van der Waals surface area (Å²) in [4.78, 5) is 48.9. The normalized spacial score (nSPS) is 13.5. The molecule has 480 valence electrons. The first-order chi connectivity index (χ1) is 40.2. The van der Waals surface area contributed by atoms with Crippen LogP contribution in [0.4, 0.5) is 0 Å². The Hall–Kier alpha value is -2.56. The fourth-order valence-corrected chi connectivity index (χ4v) is 10.7. The standard InChI is InChI=1S/C70H129O11P/c1-4-7-10-13-16-19-22-25-28-31-33-36-38-41-44-47-50-53-56-59-68(72)77-63-67(81-70(74)61-58-55-52-49-46-43-40-37-34-32-29-26-23-20-17-14-11-8-5-2)65-79-82(75,76)78-64-66(62-71)80-69(73)60-57-54-51-48-45-42-39-35-30-27-24-21-18-15-12-9-6-3/h16,18-19,21,25,27-28,30,66-67,71H,4-15,17,20,22-24,26,29,31-65H2,1-3H3,(H,75,76)/b19-16-,21-18-,28-25-,30-27-. The Kier molecular flexibility index (Phi) is 62.4. The molecule has 3 unspecified atom stereocenters. The minimum Gasteiger partial charge on any atom is -0.462 e. The van der Waals surface area contributed by atoms with Crippen molar-refractivity contribution in [2.24, 2.45) is 0 Å². The van der Waals surface area contributed by atoms with Crippen molar-refractivity contribution in [3.63, 3.8) is 0 Å². The molecule has 0 heterocycles. The zero-order chi connectivity index (χ0) is 59.8. The van der Waals surface area contributed by atoms with Crippen molar-refractivity contribution in [2.75, 3.05) is 26.4 Å². The van der Waals surface area contributed by atoms with Crippen LogP contribution >= 0.6 is 7.82 Å². The highest BCUT2D eigenvalue weighted by atomic mass is 31.2. The Labute approximate surface area is 504 Å². The number of carbonyl (C=O) groups is 3. The maximum absolute atomic E-state index is 13.0. The van der Waals surface area contributed by atoms with Crippen LogP contribution in [-0.4, -0.2) is 66.5 Å². The molecule has 0 rings (SSSR count). The van der Waals surface area contributed by atoms with Gasteiger partial charge in [-0.05, 0) is 83.5 Å². The van der Waals surface area contributed by atoms with Crippen LogP contribution in [0, 0.1) is 0 Å². The van der Waals surface area contributed by atoms with Crippen LogP contribution in [0.1, 0.15) is 342 Å². The SMILES string of the molecule is CCCCC/C=C\C/C=C\CCCCCCCCCCCC(=O)OCC(COP(=O)(O)OCC(CO)OC(=O)CCCCCCCCC/C=C\C/C=C\CCCCC)OC(=O)CCCCCCCCCCCCCCCCCCCCC. The summed E-state index contributed by atoms with van der Waals surface area (Å²) < 4.78 is 39.8. The topological polar surface area (TPSA) is 155 Å². The van der Waals surface area contributed by atoms with Gasteiger partial charge in [0, 0.05) is 19.3 Å². The Balaban J connectivity index is 4.66. The molecule has 0 saturated carbocycles. The molecular formula is C70H129O11P. The minimum absolute atomic E-state index is 0.170. The van der Waals surface area contributed by atoms with Crippen molar-refractivity contribution < 1.29 is 52.2 Å². The summed E-state index contributed by atoms with van der Waals surface area (Å²) in [7, 11) is -4.76. The van der Waals surface area contributed by atoms with Crippen LogP contribution in [0.25, 0.3) is 0 Å². The first kappa shape index (κ1) is 79.4. The summed E-state index contributed by atoms with van der Waals surface area (Å²) in [5.74, 6) is -1.45. The zero-order valence-electron chi connectivity index (χ0n) is 53.5. The summed E-state index contributed by atoms with van der Waals surface area (Å²) in [6.45, 7) is 4.67. The summed E-state index contributed by atoms with van der Waals surface area (Å²) in [5, 5.41) is 9.87. The minimum atomic E-state index is -4.76. The number of hydrogen-bond donors (Lipinski definition) is 2. The molecule has 0 bridgehead atoms. The van der Waals surface area contributed by atoms with Gasteiger partial charge in [0.05, 0.1) is 19.8 Å². The van der Waals surface area contributed by atoms with Gasteiger partial charge in [0.2, 0.25) is 0 Å². The fraction of sp³-hybridized carbons (Fsp3) is 0.843. The number of phosphoric acid groups is 1. The Bertz CT molecular complexity index is 1560. The first-order valence-corrected chi connectivity index (χ1v) is 36.0. The van der Waals surface area contributed by atoms with Crippen LogP contribution < -0.4 is 0 Å². The molecule has 11 nitrogen and oxygen atoms in total. The molecule has 0 fully saturated rings. The van der Waals surface area contributed by atoms with E-state index < -0.39 is 57.8 Å². The van der Waals surface area contributed by atoms with E-state index in [1.807, 2.05) is 0 Å². The molecule has 2 N–H and O–H groups in total. The maximum Gasteiger partial charge on any atom is 0.472 e. The third-order valence-electron chi connectivity index (χ3n) is 15.2. The molecule has 0 aliphatic carbocycles. The Morgan fingerprint density at radius 1 is 0.341 bits per heavy atom. The van der Waals surface area contributed by atoms with Gasteiger partial charge < -0.3 is 24.2 Å². The summed E-state index contributed by atoms with van der Waals surface area (Å²) >= 11 is 0. The molecule has 0 aromatic heterocycles. The number of unbranched alkanes of at least 4 members (excludes halogenated alkanes) is 40. The number of esters is 3. The average Bonchev–Trinajstić information content (AvgIpc) is 3.47. The molecule has 0 spiro atoms. The Morgan fingerprint density at radius 3 is 0.927 bits per heavy atom. The molecule has 0 amide bonds. The van der Waals surface area contributed by atoms with E-state index in [9.17, 15) is 28.9 Å². The maximum atomic E-state index is 13.0. The van der Waals surface area contributed by atoms with E-state index in [2.05, 4.69) is 69.4 Å². The van der Waals surface area contributed by atoms with Gasteiger partial charge >= 0.3 is 25.7 Å². The summed E-state index contributed by atoms with van der Waals surface area (Å²) in [5.41, 5.74) is 0. The van der Waals surface area contributed by atoms with Crippen molar-refractivity contribution >= 4 is 25.7 Å². The van der Waals surface area contributed by atoms with Gasteiger partial charge in [0.15, 0.2) is 6.10 Å². The van der Waals surface area contributed by atoms with Gasteiger partial charge in [0.1, 0.15) is 12.7 Å². The van der Waals surface area contributed by atoms with Crippen molar-refractivity contribution in [3.8, 4) is 0 Å². The van der Waals surface area contributed by atoms with Crippen LogP contribution in [0.5, 0.6) is 0 Å². The molecular weight excluding hydrogens is 1050 g/mol. The quantitative estimate of drug-likeness (QED) is 0.0197. The highest BCUT2D eigenvalue weighted by Gasteiger charge is 2.28. The van der Waals surface area contributed by atoms with Gasteiger partial charge in [0.25, 0.3) is 0 Å². The van der Waals surface area contributed by atoms with E-state index in [-0.39, 0.29) is 25.9 Å². The van der Waals surface area contributed by atoms with Gasteiger partial charge in [-0.1, -0.05) is 288 Å². The second kappa shape index (κ2) is 64.4. The molecule has 82 heavy (non-hydrogen) atoms. The van der Waals surface area contributed by atoms with Crippen molar-refractivity contribution in [1.82, 2.24) is 0 Å². The van der Waals surface area contributed by atoms with E-state index in [0.29, 0.717) is 19.3 Å². The second-order valence-corrected chi connectivity index (χ2v) is 24.8. The largest absolute Gasteiger partial charge is 0.472 e. The molecule has 3 atom stereocenters. The van der Waals surface area contributed by atoms with Crippen LogP contribution in [0.2, 0.25) is 0 Å². The highest BCUT2D eigenvalue weighted by Crippen LogP contribution is 2.43. The van der Waals surface area contributed by atoms with Crippen LogP contribution in [0.3, 0.4) is 0 Å². The molecule has 0 aromatic carbocycles. The van der Waals surface area contributed by atoms with Crippen LogP contribution in [-0.2, 0) is 42.2 Å². The smallest absolute Gasteiger partial charge is 0.462 e. The molecule has 0 radical (unpaired) electrons. The summed E-state index contributed by atoms with van der Waals surface area (Å²) in [6.07, 6.45) is 72.0. The number of hydrogen-bond acceptors (Lipinski definition) is 10. The van der Waals surface area contributed by atoms with Crippen LogP contribution in [0.15, 0.2) is 48.6 Å². The molecule has 12 heteroatoms. The predicted molar refractivity (Wildman–Crippen MR) is 344 cm³/mol. The predicted octanol–water partition coefficient (Wildman–Crippen LogP) is 21.3. The van der Waals surface area contributed by atoms with Gasteiger partial charge in [-0.2, -0.15) is 0 Å². The number of aliphatic hydroxyl groups excluding tert-OH is 1. The van der Waals surface area contributed by atoms with E-state index in [1.165, 1.54) is 193 Å². The highest BCUT2D eigenvalue weighted by molar-refractivity contribution is 7.47. The monoisotopic (exact) mass is 1180 g/mol. The lowest BCUT2D eigenvalue weighted by Crippen LogP contribution is -2.30. The summed E-state index contributed by atoms with van der Waals surface area (Å²) in [6, 6.07) is 0. The molecule has 0 saturated heterocycles. The van der Waals surface area contributed by atoms with E-state index in [4.69, 9.17) is 23.3 Å². The lowest BCUT2D eigenvalue weighted by atomic mass is 10.0. The van der Waals surface area contributed by atoms with Gasteiger partial charge in [-0.15, -0.1) is 0 Å². The van der Waals surface area contributed by atoms with E-state index >= 15 is 0 Å². The van der Waals surface area contributed by atoms with Crippen molar-refractivity contribution in [2.45, 2.75) is 354 Å². The third kappa shape index (κ3) is 62.0. The third-order valence-corrected chi connectivity index (χ3v) is 16.2. The second-order valence-electron chi connectivity index (χ2n) is 23.3. The zero-order valence-corrected chi connectivity index (χ0v) is 54.4. The molecule has 0 aliphatic heterocycles. The lowest BCUT2D eigenvalue weighted by Gasteiger charge is -2.21. The number of ether oxygens (including phenoxy) is 3. The van der Waals surface area contributed by atoms with Gasteiger partial charge in [-0.25, -0.2) is 4.57 Å². The number of carbonyl (C=O) groups excluding carboxylic acids is 3. The first-order valence-electron chi connectivity index (χ1n) is 34.5. The number of aliphatic hydroxyl groups is 1. The van der Waals surface area contributed by atoms with E-state index in [0.717, 1.165) is 89.9 Å². The van der Waals surface area contributed by atoms with Crippen molar-refractivity contribution in [3.05, 3.63) is 48.6 Å². The number of rotatable bonds is 65. The van der Waals surface area contributed by atoms with E-state index in [1.54, 1.807) is 0 Å². The molecule has 0 aliphatic rings. The molecule has 0 aromatic rings. The number of phosphoric ester groups is 1. The van der Waals surface area contributed by atoms with Gasteiger partial charge in [-0.3, -0.25) is 23.4 Å².